The largest absolute Gasteiger partial charge is 0.345 e. The van der Waals surface area contributed by atoms with Crippen molar-refractivity contribution in [2.45, 2.75) is 123 Å². The Labute approximate surface area is 133 Å². The molecule has 0 bridgehead atoms. The molecule has 0 N–H and O–H groups in total. The van der Waals surface area contributed by atoms with Crippen LogP contribution in [-0.4, -0.2) is 18.0 Å². The number of ether oxygens (including phenoxy) is 2. The van der Waals surface area contributed by atoms with Crippen LogP contribution in [0.15, 0.2) is 0 Å². The van der Waals surface area contributed by atoms with Crippen LogP contribution in [-0.2, 0) is 9.47 Å². The van der Waals surface area contributed by atoms with Gasteiger partial charge in [-0.3, -0.25) is 0 Å². The smallest absolute Gasteiger partial charge is 0.163 e. The fourth-order valence-corrected chi connectivity index (χ4v) is 3.30. The van der Waals surface area contributed by atoms with E-state index in [-0.39, 0.29) is 5.79 Å². The highest BCUT2D eigenvalue weighted by Crippen LogP contribution is 2.33. The Bertz CT molecular complexity index is 250. The van der Waals surface area contributed by atoms with E-state index in [0.29, 0.717) is 12.2 Å². The first-order valence-corrected chi connectivity index (χ1v) is 9.44. The maximum absolute atomic E-state index is 6.12. The molecule has 2 atom stereocenters. The van der Waals surface area contributed by atoms with Crippen molar-refractivity contribution in [2.75, 3.05) is 0 Å². The van der Waals surface area contributed by atoms with E-state index in [1.54, 1.807) is 0 Å². The topological polar surface area (TPSA) is 18.5 Å². The van der Waals surface area contributed by atoms with E-state index in [4.69, 9.17) is 9.47 Å². The molecule has 0 spiro atoms. The summed E-state index contributed by atoms with van der Waals surface area (Å²) in [7, 11) is 0. The summed E-state index contributed by atoms with van der Waals surface area (Å²) in [4.78, 5) is 0. The van der Waals surface area contributed by atoms with Gasteiger partial charge in [0.1, 0.15) is 0 Å². The summed E-state index contributed by atoms with van der Waals surface area (Å²) in [6.45, 7) is 8.66. The maximum atomic E-state index is 6.12. The van der Waals surface area contributed by atoms with Gasteiger partial charge in [0.2, 0.25) is 0 Å². The molecule has 0 saturated carbocycles. The molecule has 1 rings (SSSR count). The lowest BCUT2D eigenvalue weighted by Crippen LogP contribution is -2.22. The zero-order valence-electron chi connectivity index (χ0n) is 15.0. The second-order valence-electron chi connectivity index (χ2n) is 7.12. The standard InChI is InChI=1S/C19H38O2/c1-5-7-9-11-12-14-16-18-17(15-13-10-8-6-2)20-19(3,4)21-18/h17-18H,5-16H2,1-4H3. The predicted octanol–water partition coefficient (Wildman–Crippen LogP) is 6.23. The zero-order valence-corrected chi connectivity index (χ0v) is 15.0. The molecule has 1 aliphatic heterocycles. The normalized spacial score (nSPS) is 24.6. The first-order valence-electron chi connectivity index (χ1n) is 9.44. The monoisotopic (exact) mass is 298 g/mol. The fraction of sp³-hybridized carbons (Fsp3) is 1.00. The third-order valence-electron chi connectivity index (χ3n) is 4.47. The van der Waals surface area contributed by atoms with Crippen molar-refractivity contribution in [2.24, 2.45) is 0 Å². The summed E-state index contributed by atoms with van der Waals surface area (Å²) in [5.41, 5.74) is 0. The molecule has 2 unspecified atom stereocenters. The Hall–Kier alpha value is -0.0800. The molecule has 21 heavy (non-hydrogen) atoms. The minimum Gasteiger partial charge on any atom is -0.345 e. The molecule has 1 aliphatic rings. The third kappa shape index (κ3) is 8.21. The fourth-order valence-electron chi connectivity index (χ4n) is 3.30. The lowest BCUT2D eigenvalue weighted by molar-refractivity contribution is -0.147. The van der Waals surface area contributed by atoms with Crippen molar-refractivity contribution in [3.05, 3.63) is 0 Å². The van der Waals surface area contributed by atoms with Crippen molar-refractivity contribution in [3.63, 3.8) is 0 Å². The molecular formula is C19H38O2. The van der Waals surface area contributed by atoms with E-state index in [1.165, 1.54) is 77.0 Å². The number of hydrogen-bond acceptors (Lipinski definition) is 2. The Balaban J connectivity index is 2.21. The van der Waals surface area contributed by atoms with Gasteiger partial charge >= 0.3 is 0 Å². The third-order valence-corrected chi connectivity index (χ3v) is 4.47. The SMILES string of the molecule is CCCCCCCCC1OC(C)(C)OC1CCCCCC. The van der Waals surface area contributed by atoms with Gasteiger partial charge in [0, 0.05) is 0 Å². The van der Waals surface area contributed by atoms with E-state index in [9.17, 15) is 0 Å². The van der Waals surface area contributed by atoms with Crippen LogP contribution in [0.25, 0.3) is 0 Å². The first kappa shape index (κ1) is 19.0. The van der Waals surface area contributed by atoms with Gasteiger partial charge in [0.05, 0.1) is 12.2 Å². The molecule has 1 heterocycles. The van der Waals surface area contributed by atoms with Gasteiger partial charge in [0.25, 0.3) is 0 Å². The molecule has 126 valence electrons. The maximum Gasteiger partial charge on any atom is 0.163 e. The van der Waals surface area contributed by atoms with Crippen LogP contribution in [0.2, 0.25) is 0 Å². The Morgan fingerprint density at radius 1 is 0.619 bits per heavy atom. The highest BCUT2D eigenvalue weighted by molar-refractivity contribution is 4.81. The van der Waals surface area contributed by atoms with Gasteiger partial charge in [-0.2, -0.15) is 0 Å². The molecule has 0 radical (unpaired) electrons. The lowest BCUT2D eigenvalue weighted by Gasteiger charge is -2.16. The highest BCUT2D eigenvalue weighted by atomic mass is 16.7. The van der Waals surface area contributed by atoms with Crippen LogP contribution < -0.4 is 0 Å². The molecule has 0 aliphatic carbocycles. The predicted molar refractivity (Wildman–Crippen MR) is 90.6 cm³/mol. The molecule has 0 amide bonds. The van der Waals surface area contributed by atoms with Crippen molar-refractivity contribution >= 4 is 0 Å². The molecule has 1 saturated heterocycles. The summed E-state index contributed by atoms with van der Waals surface area (Å²) < 4.78 is 12.2. The Morgan fingerprint density at radius 2 is 1.00 bits per heavy atom. The molecule has 2 nitrogen and oxygen atoms in total. The average molecular weight is 299 g/mol. The van der Waals surface area contributed by atoms with E-state index in [2.05, 4.69) is 27.7 Å². The van der Waals surface area contributed by atoms with Crippen LogP contribution in [0.1, 0.15) is 105 Å². The summed E-state index contributed by atoms with van der Waals surface area (Å²) in [6, 6.07) is 0. The van der Waals surface area contributed by atoms with E-state index in [0.717, 1.165) is 0 Å². The molecule has 0 aromatic rings. The summed E-state index contributed by atoms with van der Waals surface area (Å²) in [5, 5.41) is 0. The second kappa shape index (κ2) is 10.6. The summed E-state index contributed by atoms with van der Waals surface area (Å²) in [5.74, 6) is -0.373. The summed E-state index contributed by atoms with van der Waals surface area (Å²) >= 11 is 0. The Kier molecular flexibility index (Phi) is 9.59. The van der Waals surface area contributed by atoms with Crippen molar-refractivity contribution in [3.8, 4) is 0 Å². The number of rotatable bonds is 12. The van der Waals surface area contributed by atoms with Gasteiger partial charge in [-0.15, -0.1) is 0 Å². The zero-order chi connectivity index (χ0) is 15.6. The van der Waals surface area contributed by atoms with Crippen LogP contribution in [0.4, 0.5) is 0 Å². The van der Waals surface area contributed by atoms with E-state index in [1.807, 2.05) is 0 Å². The minimum atomic E-state index is -0.373. The molecule has 0 aromatic heterocycles. The number of hydrogen-bond donors (Lipinski definition) is 0. The Morgan fingerprint density at radius 3 is 1.48 bits per heavy atom. The van der Waals surface area contributed by atoms with Crippen molar-refractivity contribution in [1.82, 2.24) is 0 Å². The highest BCUT2D eigenvalue weighted by Gasteiger charge is 2.40. The van der Waals surface area contributed by atoms with Crippen LogP contribution >= 0.6 is 0 Å². The van der Waals surface area contributed by atoms with Crippen LogP contribution in [0, 0.1) is 0 Å². The van der Waals surface area contributed by atoms with Gasteiger partial charge in [0.15, 0.2) is 5.79 Å². The van der Waals surface area contributed by atoms with E-state index >= 15 is 0 Å². The molecule has 2 heteroatoms. The number of unbranched alkanes of at least 4 members (excludes halogenated alkanes) is 8. The van der Waals surface area contributed by atoms with Crippen molar-refractivity contribution < 1.29 is 9.47 Å². The molecular weight excluding hydrogens is 260 g/mol. The van der Waals surface area contributed by atoms with Gasteiger partial charge < -0.3 is 9.47 Å². The van der Waals surface area contributed by atoms with Crippen molar-refractivity contribution in [1.29, 1.82) is 0 Å². The first-order chi connectivity index (χ1) is 10.1. The average Bonchev–Trinajstić information content (AvgIpc) is 2.73. The second-order valence-corrected chi connectivity index (χ2v) is 7.12. The van der Waals surface area contributed by atoms with E-state index < -0.39 is 0 Å². The van der Waals surface area contributed by atoms with Gasteiger partial charge in [-0.25, -0.2) is 0 Å². The van der Waals surface area contributed by atoms with Crippen LogP contribution in [0.3, 0.4) is 0 Å². The quantitative estimate of drug-likeness (QED) is 0.398. The summed E-state index contributed by atoms with van der Waals surface area (Å²) in [6.07, 6.45) is 16.4. The lowest BCUT2D eigenvalue weighted by atomic mass is 10.00. The van der Waals surface area contributed by atoms with Crippen LogP contribution in [0.5, 0.6) is 0 Å². The minimum absolute atomic E-state index is 0.326. The van der Waals surface area contributed by atoms with Gasteiger partial charge in [-0.1, -0.05) is 78.1 Å². The molecule has 0 aromatic carbocycles. The van der Waals surface area contributed by atoms with Gasteiger partial charge in [-0.05, 0) is 26.7 Å². The molecule has 1 fully saturated rings.